The van der Waals surface area contributed by atoms with E-state index in [2.05, 4.69) is 6.92 Å². The van der Waals surface area contributed by atoms with Crippen LogP contribution in [0.3, 0.4) is 0 Å². The molecule has 2 atom stereocenters. The maximum absolute atomic E-state index is 12.0. The third-order valence-corrected chi connectivity index (χ3v) is 3.45. The molecule has 3 rings (SSSR count). The first-order valence-electron chi connectivity index (χ1n) is 5.49. The number of rotatable bonds is 2. The van der Waals surface area contributed by atoms with Crippen LogP contribution >= 0.6 is 0 Å². The van der Waals surface area contributed by atoms with Gasteiger partial charge in [0.1, 0.15) is 0 Å². The van der Waals surface area contributed by atoms with Crippen molar-refractivity contribution in [3.63, 3.8) is 0 Å². The van der Waals surface area contributed by atoms with Crippen LogP contribution in [0.15, 0.2) is 18.2 Å². The van der Waals surface area contributed by atoms with E-state index in [9.17, 15) is 4.79 Å². The van der Waals surface area contributed by atoms with E-state index in [1.54, 1.807) is 0 Å². The molecule has 2 unspecified atom stereocenters. The standard InChI is InChI=1S/C13H14O2/c1-8-4-12(8)13(14)9-2-3-10-6-15-7-11(10)5-9/h2-3,5,8,12H,4,6-7H2,1H3. The summed E-state index contributed by atoms with van der Waals surface area (Å²) in [6.07, 6.45) is 1.06. The molecule has 1 aromatic rings. The molecule has 1 aliphatic carbocycles. The predicted molar refractivity (Wildman–Crippen MR) is 56.5 cm³/mol. The molecule has 0 amide bonds. The van der Waals surface area contributed by atoms with Crippen molar-refractivity contribution in [1.82, 2.24) is 0 Å². The number of carbonyl (C=O) groups is 1. The lowest BCUT2D eigenvalue weighted by atomic mass is 10.0. The Kier molecular flexibility index (Phi) is 1.93. The van der Waals surface area contributed by atoms with E-state index >= 15 is 0 Å². The van der Waals surface area contributed by atoms with Gasteiger partial charge in [-0.2, -0.15) is 0 Å². The van der Waals surface area contributed by atoms with Gasteiger partial charge in [-0.05, 0) is 29.5 Å². The molecule has 1 heterocycles. The number of ketones is 1. The smallest absolute Gasteiger partial charge is 0.166 e. The molecular formula is C13H14O2. The maximum Gasteiger partial charge on any atom is 0.166 e. The zero-order valence-corrected chi connectivity index (χ0v) is 8.82. The van der Waals surface area contributed by atoms with Crippen LogP contribution in [0.4, 0.5) is 0 Å². The van der Waals surface area contributed by atoms with Gasteiger partial charge in [0.2, 0.25) is 0 Å². The molecule has 0 N–H and O–H groups in total. The van der Waals surface area contributed by atoms with Crippen molar-refractivity contribution in [2.75, 3.05) is 0 Å². The second-order valence-electron chi connectivity index (χ2n) is 4.66. The molecular weight excluding hydrogens is 188 g/mol. The molecule has 78 valence electrons. The van der Waals surface area contributed by atoms with Crippen LogP contribution in [0, 0.1) is 11.8 Å². The highest BCUT2D eigenvalue weighted by Gasteiger charge is 2.39. The molecule has 1 fully saturated rings. The van der Waals surface area contributed by atoms with Crippen molar-refractivity contribution in [1.29, 1.82) is 0 Å². The summed E-state index contributed by atoms with van der Waals surface area (Å²) in [6.45, 7) is 3.50. The minimum Gasteiger partial charge on any atom is -0.372 e. The number of fused-ring (bicyclic) bond motifs is 1. The minimum absolute atomic E-state index is 0.283. The fourth-order valence-electron chi connectivity index (χ4n) is 2.23. The monoisotopic (exact) mass is 202 g/mol. The molecule has 0 bridgehead atoms. The molecule has 2 nitrogen and oxygen atoms in total. The van der Waals surface area contributed by atoms with E-state index in [1.165, 1.54) is 11.1 Å². The summed E-state index contributed by atoms with van der Waals surface area (Å²) in [4.78, 5) is 12.0. The Hall–Kier alpha value is -1.15. The second-order valence-corrected chi connectivity index (χ2v) is 4.66. The first kappa shape index (κ1) is 9.10. The first-order valence-corrected chi connectivity index (χ1v) is 5.49. The fourth-order valence-corrected chi connectivity index (χ4v) is 2.23. The van der Waals surface area contributed by atoms with E-state index in [1.807, 2.05) is 18.2 Å². The van der Waals surface area contributed by atoms with Gasteiger partial charge in [-0.3, -0.25) is 4.79 Å². The van der Waals surface area contributed by atoms with Crippen molar-refractivity contribution in [2.45, 2.75) is 26.6 Å². The third kappa shape index (κ3) is 1.49. The summed E-state index contributed by atoms with van der Waals surface area (Å²) in [7, 11) is 0. The zero-order chi connectivity index (χ0) is 10.4. The molecule has 0 saturated heterocycles. The van der Waals surface area contributed by atoms with Crippen LogP contribution in [0.5, 0.6) is 0 Å². The van der Waals surface area contributed by atoms with Crippen molar-refractivity contribution in [2.24, 2.45) is 11.8 Å². The van der Waals surface area contributed by atoms with E-state index in [4.69, 9.17) is 4.74 Å². The van der Waals surface area contributed by atoms with Crippen LogP contribution < -0.4 is 0 Å². The van der Waals surface area contributed by atoms with Gasteiger partial charge in [0.15, 0.2) is 5.78 Å². The quantitative estimate of drug-likeness (QED) is 0.689. The molecule has 2 aliphatic rings. The van der Waals surface area contributed by atoms with Crippen molar-refractivity contribution < 1.29 is 9.53 Å². The van der Waals surface area contributed by atoms with Gasteiger partial charge >= 0.3 is 0 Å². The molecule has 1 aliphatic heterocycles. The molecule has 1 aromatic carbocycles. The summed E-state index contributed by atoms with van der Waals surface area (Å²) in [6, 6.07) is 5.99. The topological polar surface area (TPSA) is 26.3 Å². The summed E-state index contributed by atoms with van der Waals surface area (Å²) in [5.74, 6) is 1.18. The predicted octanol–water partition coefficient (Wildman–Crippen LogP) is 2.56. The Balaban J connectivity index is 1.89. The minimum atomic E-state index is 0.283. The largest absolute Gasteiger partial charge is 0.372 e. The Morgan fingerprint density at radius 3 is 2.80 bits per heavy atom. The lowest BCUT2D eigenvalue weighted by Crippen LogP contribution is -2.03. The molecule has 2 heteroatoms. The van der Waals surface area contributed by atoms with Gasteiger partial charge < -0.3 is 4.74 Å². The Bertz CT molecular complexity index is 423. The molecule has 15 heavy (non-hydrogen) atoms. The van der Waals surface area contributed by atoms with Gasteiger partial charge in [-0.25, -0.2) is 0 Å². The average Bonchev–Trinajstić information content (AvgIpc) is 2.80. The van der Waals surface area contributed by atoms with Gasteiger partial charge in [0.25, 0.3) is 0 Å². The number of benzene rings is 1. The van der Waals surface area contributed by atoms with Crippen LogP contribution in [-0.4, -0.2) is 5.78 Å². The van der Waals surface area contributed by atoms with Crippen LogP contribution in [0.2, 0.25) is 0 Å². The van der Waals surface area contributed by atoms with Crippen molar-refractivity contribution in [3.8, 4) is 0 Å². The highest BCUT2D eigenvalue weighted by molar-refractivity contribution is 5.99. The number of carbonyl (C=O) groups excluding carboxylic acids is 1. The van der Waals surface area contributed by atoms with E-state index in [0.717, 1.165) is 12.0 Å². The average molecular weight is 202 g/mol. The van der Waals surface area contributed by atoms with Crippen LogP contribution in [-0.2, 0) is 18.0 Å². The summed E-state index contributed by atoms with van der Waals surface area (Å²) in [5, 5.41) is 0. The Labute approximate surface area is 89.2 Å². The number of Topliss-reactive ketones (excluding diaryl/α,β-unsaturated/α-hetero) is 1. The van der Waals surface area contributed by atoms with E-state index < -0.39 is 0 Å². The van der Waals surface area contributed by atoms with Gasteiger partial charge in [0, 0.05) is 11.5 Å². The lowest BCUT2D eigenvalue weighted by Gasteiger charge is -2.02. The van der Waals surface area contributed by atoms with Gasteiger partial charge in [-0.1, -0.05) is 19.1 Å². The molecule has 0 spiro atoms. The van der Waals surface area contributed by atoms with Crippen LogP contribution in [0.1, 0.15) is 34.8 Å². The number of hydrogen-bond acceptors (Lipinski definition) is 2. The van der Waals surface area contributed by atoms with Gasteiger partial charge in [0.05, 0.1) is 13.2 Å². The number of hydrogen-bond donors (Lipinski definition) is 0. The first-order chi connectivity index (χ1) is 7.25. The number of ether oxygens (including phenoxy) is 1. The molecule has 0 radical (unpaired) electrons. The second kappa shape index (κ2) is 3.17. The normalized spacial score (nSPS) is 27.5. The van der Waals surface area contributed by atoms with E-state index in [0.29, 0.717) is 24.9 Å². The van der Waals surface area contributed by atoms with Crippen LogP contribution in [0.25, 0.3) is 0 Å². The molecule has 1 saturated carbocycles. The highest BCUT2D eigenvalue weighted by Crippen LogP contribution is 2.40. The fraction of sp³-hybridized carbons (Fsp3) is 0.462. The summed E-state index contributed by atoms with van der Waals surface area (Å²) >= 11 is 0. The zero-order valence-electron chi connectivity index (χ0n) is 8.82. The van der Waals surface area contributed by atoms with Gasteiger partial charge in [-0.15, -0.1) is 0 Å². The Morgan fingerprint density at radius 2 is 2.07 bits per heavy atom. The van der Waals surface area contributed by atoms with E-state index in [-0.39, 0.29) is 5.92 Å². The SMILES string of the molecule is CC1CC1C(=O)c1ccc2c(c1)COC2. The highest BCUT2D eigenvalue weighted by atomic mass is 16.5. The maximum atomic E-state index is 12.0. The summed E-state index contributed by atoms with van der Waals surface area (Å²) < 4.78 is 5.34. The third-order valence-electron chi connectivity index (χ3n) is 3.45. The lowest BCUT2D eigenvalue weighted by molar-refractivity contribution is 0.0962. The summed E-state index contributed by atoms with van der Waals surface area (Å²) in [5.41, 5.74) is 3.29. The van der Waals surface area contributed by atoms with Crippen molar-refractivity contribution in [3.05, 3.63) is 34.9 Å². The molecule has 0 aromatic heterocycles. The Morgan fingerprint density at radius 1 is 1.33 bits per heavy atom. The van der Waals surface area contributed by atoms with Crippen molar-refractivity contribution >= 4 is 5.78 Å².